The maximum atomic E-state index is 11.4. The number of ether oxygens (including phenoxy) is 1. The Kier molecular flexibility index (Phi) is 5.67. The van der Waals surface area contributed by atoms with Crippen LogP contribution in [0.25, 0.3) is 0 Å². The summed E-state index contributed by atoms with van der Waals surface area (Å²) in [6.07, 6.45) is 0. The summed E-state index contributed by atoms with van der Waals surface area (Å²) in [5, 5.41) is 3.08. The summed E-state index contributed by atoms with van der Waals surface area (Å²) in [5.41, 5.74) is -0.322. The van der Waals surface area contributed by atoms with Gasteiger partial charge in [-0.2, -0.15) is 0 Å². The molecule has 0 N–H and O–H groups in total. The van der Waals surface area contributed by atoms with Gasteiger partial charge in [-0.05, 0) is 20.8 Å². The highest BCUT2D eigenvalue weighted by Gasteiger charge is 2.21. The Morgan fingerprint density at radius 3 is 2.00 bits per heavy atom. The molecule has 76 valence electrons. The van der Waals surface area contributed by atoms with E-state index in [-0.39, 0.29) is 11.6 Å². The molecule has 13 heavy (non-hydrogen) atoms. The van der Waals surface area contributed by atoms with Crippen LogP contribution < -0.4 is 0 Å². The highest BCUT2D eigenvalue weighted by Crippen LogP contribution is 2.12. The van der Waals surface area contributed by atoms with E-state index in [2.05, 4.69) is 13.8 Å². The second-order valence-corrected chi connectivity index (χ2v) is 8.25. The predicted molar refractivity (Wildman–Crippen MR) is 57.4 cm³/mol. The van der Waals surface area contributed by atoms with Crippen LogP contribution in [0.3, 0.4) is 0 Å². The number of carbonyl (C=O) groups excluding carboxylic acids is 1. The van der Waals surface area contributed by atoms with Crippen LogP contribution in [0.4, 0.5) is 0 Å². The van der Waals surface area contributed by atoms with Crippen molar-refractivity contribution in [1.82, 2.24) is 0 Å². The Labute approximate surface area is 86.0 Å². The standard InChI is InChI=1S/C6H11O2.2C2H5.Al/c1-5(7)8-6(2,3)4;2*1-2;/h1H2,2-4H3;2*1H2,2H3;. The van der Waals surface area contributed by atoms with Crippen molar-refractivity contribution in [2.75, 3.05) is 0 Å². The summed E-state index contributed by atoms with van der Waals surface area (Å²) in [6.45, 7) is 10.1. The minimum Gasteiger partial charge on any atom is -0.461 e. The van der Waals surface area contributed by atoms with Crippen molar-refractivity contribution < 1.29 is 9.53 Å². The molecule has 0 heterocycles. The first-order valence-electron chi connectivity index (χ1n) is 5.10. The monoisotopic (exact) mass is 200 g/mol. The average Bonchev–Trinajstić information content (AvgIpc) is 1.96. The minimum absolute atomic E-state index is 0.00660. The van der Waals surface area contributed by atoms with Crippen molar-refractivity contribution in [2.24, 2.45) is 0 Å². The maximum Gasteiger partial charge on any atom is 0.292 e. The molecule has 0 aliphatic carbocycles. The highest BCUT2D eigenvalue weighted by atomic mass is 27.2. The first kappa shape index (κ1) is 13.0. The van der Waals surface area contributed by atoms with Gasteiger partial charge in [-0.1, -0.05) is 24.4 Å². The van der Waals surface area contributed by atoms with E-state index in [4.69, 9.17) is 4.74 Å². The largest absolute Gasteiger partial charge is 0.461 e. The fraction of sp³-hybridized carbons (Fsp3) is 0.900. The van der Waals surface area contributed by atoms with Crippen molar-refractivity contribution in [1.29, 1.82) is 0 Å². The van der Waals surface area contributed by atoms with Crippen LogP contribution in [-0.2, 0) is 9.53 Å². The summed E-state index contributed by atoms with van der Waals surface area (Å²) in [7, 11) is 0. The zero-order valence-corrected chi connectivity index (χ0v) is 10.7. The molecule has 0 aliphatic rings. The van der Waals surface area contributed by atoms with Crippen LogP contribution in [0.2, 0.25) is 15.8 Å². The van der Waals surface area contributed by atoms with Crippen LogP contribution in [0, 0.1) is 0 Å². The molecule has 0 aromatic heterocycles. The lowest BCUT2D eigenvalue weighted by Crippen LogP contribution is -2.26. The van der Waals surface area contributed by atoms with Gasteiger partial charge in [0, 0.05) is 5.28 Å². The molecule has 0 bridgehead atoms. The molecular formula is C10H21AlO2. The molecule has 0 atom stereocenters. The van der Waals surface area contributed by atoms with Gasteiger partial charge in [0.1, 0.15) is 5.60 Å². The molecule has 0 aliphatic heterocycles. The molecule has 0 aromatic carbocycles. The Morgan fingerprint density at radius 1 is 1.23 bits per heavy atom. The van der Waals surface area contributed by atoms with Crippen molar-refractivity contribution in [2.45, 2.75) is 56.1 Å². The predicted octanol–water partition coefficient (Wildman–Crippen LogP) is 2.86. The molecule has 0 unspecified atom stereocenters. The molecule has 0 rings (SSSR count). The van der Waals surface area contributed by atoms with Crippen LogP contribution in [0.1, 0.15) is 34.6 Å². The van der Waals surface area contributed by atoms with Crippen LogP contribution in [0.5, 0.6) is 0 Å². The quantitative estimate of drug-likeness (QED) is 0.515. The van der Waals surface area contributed by atoms with Gasteiger partial charge < -0.3 is 4.74 Å². The zero-order valence-electron chi connectivity index (χ0n) is 9.52. The van der Waals surface area contributed by atoms with Crippen LogP contribution in [-0.4, -0.2) is 25.7 Å². The molecule has 0 amide bonds. The molecule has 2 nitrogen and oxygen atoms in total. The summed E-state index contributed by atoms with van der Waals surface area (Å²) >= 11 is -0.814. The molecule has 0 saturated heterocycles. The van der Waals surface area contributed by atoms with Crippen LogP contribution >= 0.6 is 0 Å². The van der Waals surface area contributed by atoms with Gasteiger partial charge in [-0.15, -0.1) is 0 Å². The van der Waals surface area contributed by atoms with E-state index in [0.717, 1.165) is 0 Å². The first-order valence-corrected chi connectivity index (χ1v) is 7.55. The van der Waals surface area contributed by atoms with E-state index in [0.29, 0.717) is 5.28 Å². The Bertz CT molecular complexity index is 157. The number of hydrogen-bond donors (Lipinski definition) is 0. The second kappa shape index (κ2) is 5.67. The summed E-state index contributed by atoms with van der Waals surface area (Å²) < 4.78 is 5.27. The van der Waals surface area contributed by atoms with E-state index in [1.54, 1.807) is 0 Å². The zero-order chi connectivity index (χ0) is 10.5. The topological polar surface area (TPSA) is 26.3 Å². The lowest BCUT2D eigenvalue weighted by Gasteiger charge is -2.20. The SMILES string of the molecule is C[CH2][Al]([CH2]C)[CH2]C(=O)OC(C)(C)C. The average molecular weight is 200 g/mol. The van der Waals surface area contributed by atoms with E-state index in [9.17, 15) is 4.79 Å². The third-order valence-electron chi connectivity index (χ3n) is 2.03. The summed E-state index contributed by atoms with van der Waals surface area (Å²) in [4.78, 5) is 11.4. The Morgan fingerprint density at radius 2 is 1.69 bits per heavy atom. The van der Waals surface area contributed by atoms with Gasteiger partial charge >= 0.3 is 0 Å². The summed E-state index contributed by atoms with van der Waals surface area (Å²) in [6, 6.07) is 0. The van der Waals surface area contributed by atoms with Crippen molar-refractivity contribution in [3.63, 3.8) is 0 Å². The number of rotatable bonds is 4. The molecule has 0 aromatic rings. The lowest BCUT2D eigenvalue weighted by atomic mass is 10.2. The smallest absolute Gasteiger partial charge is 0.292 e. The molecule has 0 radical (unpaired) electrons. The summed E-state index contributed by atoms with van der Waals surface area (Å²) in [5.74, 6) is -0.00660. The Balaban J connectivity index is 3.86. The third-order valence-corrected chi connectivity index (χ3v) is 5.25. The van der Waals surface area contributed by atoms with Gasteiger partial charge in [0.05, 0.1) is 0 Å². The fourth-order valence-electron chi connectivity index (χ4n) is 1.20. The highest BCUT2D eigenvalue weighted by molar-refractivity contribution is 6.61. The maximum absolute atomic E-state index is 11.4. The molecular weight excluding hydrogens is 179 g/mol. The van der Waals surface area contributed by atoms with Gasteiger partial charge in [0.25, 0.3) is 20.1 Å². The number of hydrogen-bond acceptors (Lipinski definition) is 2. The van der Waals surface area contributed by atoms with Crippen molar-refractivity contribution in [3.05, 3.63) is 0 Å². The van der Waals surface area contributed by atoms with Gasteiger partial charge in [-0.25, -0.2) is 0 Å². The van der Waals surface area contributed by atoms with Gasteiger partial charge in [0.2, 0.25) is 0 Å². The molecule has 3 heteroatoms. The Hall–Kier alpha value is 0.00247. The van der Waals surface area contributed by atoms with Crippen molar-refractivity contribution >= 4 is 20.1 Å². The fourth-order valence-corrected chi connectivity index (χ4v) is 2.91. The minimum atomic E-state index is -0.814. The van der Waals surface area contributed by atoms with E-state index >= 15 is 0 Å². The van der Waals surface area contributed by atoms with Crippen molar-refractivity contribution in [3.8, 4) is 0 Å². The third kappa shape index (κ3) is 7.10. The van der Waals surface area contributed by atoms with E-state index in [1.165, 1.54) is 10.6 Å². The number of carbonyl (C=O) groups is 1. The lowest BCUT2D eigenvalue weighted by molar-refractivity contribution is -0.151. The second-order valence-electron chi connectivity index (χ2n) is 4.47. The molecule has 0 spiro atoms. The van der Waals surface area contributed by atoms with Gasteiger partial charge in [-0.3, -0.25) is 4.79 Å². The van der Waals surface area contributed by atoms with E-state index < -0.39 is 14.1 Å². The molecule has 0 saturated carbocycles. The van der Waals surface area contributed by atoms with E-state index in [1.807, 2.05) is 20.8 Å². The van der Waals surface area contributed by atoms with Crippen LogP contribution in [0.15, 0.2) is 0 Å². The number of esters is 1. The molecule has 0 fully saturated rings. The van der Waals surface area contributed by atoms with Gasteiger partial charge in [0.15, 0.2) is 0 Å². The first-order chi connectivity index (χ1) is 5.89. The normalized spacial score (nSPS) is 11.2.